The highest BCUT2D eigenvalue weighted by atomic mass is 16.5. The molecule has 27 heavy (non-hydrogen) atoms. The summed E-state index contributed by atoms with van der Waals surface area (Å²) in [5.74, 6) is 1.94. The van der Waals surface area contributed by atoms with Crippen LogP contribution in [0.2, 0.25) is 0 Å². The number of hydrogen-bond acceptors (Lipinski definition) is 4. The number of carbonyl (C=O) groups excluding carboxylic acids is 1. The molecule has 5 heteroatoms. The molecular formula is C22H23NO4. The van der Waals surface area contributed by atoms with Crippen LogP contribution in [0.3, 0.4) is 0 Å². The molecule has 140 valence electrons. The highest BCUT2D eigenvalue weighted by Crippen LogP contribution is 2.26. The SMILES string of the molecule is COc1cccc(OCCNC(=O)[C@@H](C)Oc2cccc3ccccc23)c1. The van der Waals surface area contributed by atoms with Gasteiger partial charge in [0.2, 0.25) is 0 Å². The van der Waals surface area contributed by atoms with Gasteiger partial charge in [-0.3, -0.25) is 4.79 Å². The molecule has 0 aliphatic carbocycles. The Morgan fingerprint density at radius 1 is 1.00 bits per heavy atom. The predicted molar refractivity (Wildman–Crippen MR) is 106 cm³/mol. The zero-order valence-electron chi connectivity index (χ0n) is 15.5. The number of hydrogen-bond donors (Lipinski definition) is 1. The van der Waals surface area contributed by atoms with Gasteiger partial charge in [0.05, 0.1) is 13.7 Å². The van der Waals surface area contributed by atoms with Gasteiger partial charge in [0, 0.05) is 11.5 Å². The van der Waals surface area contributed by atoms with Crippen molar-refractivity contribution in [3.63, 3.8) is 0 Å². The van der Waals surface area contributed by atoms with Gasteiger partial charge in [-0.15, -0.1) is 0 Å². The van der Waals surface area contributed by atoms with Gasteiger partial charge in [0.25, 0.3) is 5.91 Å². The molecule has 0 unspecified atom stereocenters. The van der Waals surface area contributed by atoms with Crippen molar-refractivity contribution in [1.29, 1.82) is 0 Å². The molecule has 0 heterocycles. The number of amides is 1. The Kier molecular flexibility index (Phi) is 6.15. The highest BCUT2D eigenvalue weighted by molar-refractivity contribution is 5.89. The van der Waals surface area contributed by atoms with E-state index in [0.717, 1.165) is 16.5 Å². The van der Waals surface area contributed by atoms with E-state index in [-0.39, 0.29) is 5.91 Å². The lowest BCUT2D eigenvalue weighted by Crippen LogP contribution is -2.38. The molecule has 0 fully saturated rings. The molecule has 1 N–H and O–H groups in total. The third kappa shape index (κ3) is 4.91. The molecule has 0 radical (unpaired) electrons. The normalized spacial score (nSPS) is 11.6. The summed E-state index contributed by atoms with van der Waals surface area (Å²) in [7, 11) is 1.61. The first-order valence-electron chi connectivity index (χ1n) is 8.86. The van der Waals surface area contributed by atoms with Crippen LogP contribution >= 0.6 is 0 Å². The first kappa shape index (κ1) is 18.6. The molecule has 1 amide bonds. The summed E-state index contributed by atoms with van der Waals surface area (Å²) < 4.78 is 16.6. The summed E-state index contributed by atoms with van der Waals surface area (Å²) in [5.41, 5.74) is 0. The first-order chi connectivity index (χ1) is 13.2. The molecule has 3 aromatic carbocycles. The Morgan fingerprint density at radius 2 is 1.74 bits per heavy atom. The maximum Gasteiger partial charge on any atom is 0.260 e. The average molecular weight is 365 g/mol. The number of nitrogens with one attached hydrogen (secondary N) is 1. The summed E-state index contributed by atoms with van der Waals surface area (Å²) in [5, 5.41) is 4.89. The molecule has 0 saturated carbocycles. The van der Waals surface area contributed by atoms with Crippen molar-refractivity contribution in [3.05, 3.63) is 66.7 Å². The third-order valence-corrected chi connectivity index (χ3v) is 4.13. The van der Waals surface area contributed by atoms with Crippen LogP contribution in [0.4, 0.5) is 0 Å². The van der Waals surface area contributed by atoms with E-state index < -0.39 is 6.10 Å². The Labute approximate surface area is 158 Å². The minimum atomic E-state index is -0.604. The lowest BCUT2D eigenvalue weighted by molar-refractivity contribution is -0.127. The Hall–Kier alpha value is -3.21. The lowest BCUT2D eigenvalue weighted by atomic mass is 10.1. The molecule has 3 aromatic rings. The van der Waals surface area contributed by atoms with Crippen LogP contribution in [0.15, 0.2) is 66.7 Å². The number of ether oxygens (including phenoxy) is 3. The number of rotatable bonds is 8. The van der Waals surface area contributed by atoms with Crippen LogP contribution < -0.4 is 19.5 Å². The quantitative estimate of drug-likeness (QED) is 0.617. The van der Waals surface area contributed by atoms with E-state index >= 15 is 0 Å². The topological polar surface area (TPSA) is 56.8 Å². The summed E-state index contributed by atoms with van der Waals surface area (Å²) in [6, 6.07) is 21.1. The average Bonchev–Trinajstić information content (AvgIpc) is 2.71. The van der Waals surface area contributed by atoms with Crippen molar-refractivity contribution < 1.29 is 19.0 Å². The number of carbonyl (C=O) groups is 1. The van der Waals surface area contributed by atoms with Crippen molar-refractivity contribution in [3.8, 4) is 17.2 Å². The van der Waals surface area contributed by atoms with E-state index in [0.29, 0.717) is 24.7 Å². The standard InChI is InChI=1S/C22H23NO4/c1-16(27-21-12-5-8-17-7-3-4-11-20(17)21)22(24)23-13-14-26-19-10-6-9-18(15-19)25-2/h3-12,15-16H,13-14H2,1-2H3,(H,23,24)/t16-/m1/s1. The van der Waals surface area contributed by atoms with Gasteiger partial charge >= 0.3 is 0 Å². The van der Waals surface area contributed by atoms with Gasteiger partial charge in [-0.2, -0.15) is 0 Å². The third-order valence-electron chi connectivity index (χ3n) is 4.13. The van der Waals surface area contributed by atoms with Crippen LogP contribution in [-0.2, 0) is 4.79 Å². The second-order valence-electron chi connectivity index (χ2n) is 6.06. The fourth-order valence-electron chi connectivity index (χ4n) is 2.72. The van der Waals surface area contributed by atoms with Crippen LogP contribution in [0.5, 0.6) is 17.2 Å². The molecule has 0 aliphatic heterocycles. The van der Waals surface area contributed by atoms with Crippen LogP contribution in [0.25, 0.3) is 10.8 Å². The van der Waals surface area contributed by atoms with E-state index in [1.165, 1.54) is 0 Å². The van der Waals surface area contributed by atoms with Crippen molar-refractivity contribution in [2.45, 2.75) is 13.0 Å². The van der Waals surface area contributed by atoms with E-state index in [9.17, 15) is 4.79 Å². The maximum atomic E-state index is 12.3. The molecule has 1 atom stereocenters. The maximum absolute atomic E-state index is 12.3. The van der Waals surface area contributed by atoms with Crippen LogP contribution in [0.1, 0.15) is 6.92 Å². The molecule has 0 spiro atoms. The lowest BCUT2D eigenvalue weighted by Gasteiger charge is -2.16. The molecular weight excluding hydrogens is 342 g/mol. The minimum absolute atomic E-state index is 0.183. The van der Waals surface area contributed by atoms with Gasteiger partial charge in [0.15, 0.2) is 6.10 Å². The predicted octanol–water partition coefficient (Wildman–Crippen LogP) is 3.81. The zero-order chi connectivity index (χ0) is 19.1. The molecule has 0 aromatic heterocycles. The van der Waals surface area contributed by atoms with E-state index in [2.05, 4.69) is 5.32 Å². The van der Waals surface area contributed by atoms with E-state index in [1.807, 2.05) is 60.7 Å². The van der Waals surface area contributed by atoms with Gasteiger partial charge in [-0.05, 0) is 30.5 Å². The summed E-state index contributed by atoms with van der Waals surface area (Å²) in [4.78, 5) is 12.3. The molecule has 0 bridgehead atoms. The van der Waals surface area contributed by atoms with E-state index in [4.69, 9.17) is 14.2 Å². The van der Waals surface area contributed by atoms with E-state index in [1.54, 1.807) is 20.1 Å². The highest BCUT2D eigenvalue weighted by Gasteiger charge is 2.15. The summed E-state index contributed by atoms with van der Waals surface area (Å²) >= 11 is 0. The van der Waals surface area contributed by atoms with Crippen molar-refractivity contribution >= 4 is 16.7 Å². The fourth-order valence-corrected chi connectivity index (χ4v) is 2.72. The minimum Gasteiger partial charge on any atom is -0.497 e. The second-order valence-corrected chi connectivity index (χ2v) is 6.06. The van der Waals surface area contributed by atoms with Crippen molar-refractivity contribution in [1.82, 2.24) is 5.32 Å². The fraction of sp³-hybridized carbons (Fsp3) is 0.227. The second kappa shape index (κ2) is 8.94. The Bertz CT molecular complexity index is 904. The summed E-state index contributed by atoms with van der Waals surface area (Å²) in [6.45, 7) is 2.49. The van der Waals surface area contributed by atoms with Gasteiger partial charge in [0.1, 0.15) is 23.9 Å². The first-order valence-corrected chi connectivity index (χ1v) is 8.86. The molecule has 0 saturated heterocycles. The number of fused-ring (bicyclic) bond motifs is 1. The summed E-state index contributed by atoms with van der Waals surface area (Å²) in [6.07, 6.45) is -0.604. The number of methoxy groups -OCH3 is 1. The molecule has 5 nitrogen and oxygen atoms in total. The monoisotopic (exact) mass is 365 g/mol. The smallest absolute Gasteiger partial charge is 0.260 e. The Balaban J connectivity index is 1.49. The van der Waals surface area contributed by atoms with Gasteiger partial charge in [-0.1, -0.05) is 42.5 Å². The molecule has 3 rings (SSSR count). The van der Waals surface area contributed by atoms with Crippen LogP contribution in [0, 0.1) is 0 Å². The Morgan fingerprint density at radius 3 is 2.59 bits per heavy atom. The largest absolute Gasteiger partial charge is 0.497 e. The van der Waals surface area contributed by atoms with Crippen molar-refractivity contribution in [2.24, 2.45) is 0 Å². The zero-order valence-corrected chi connectivity index (χ0v) is 15.5. The van der Waals surface area contributed by atoms with Gasteiger partial charge < -0.3 is 19.5 Å². The molecule has 0 aliphatic rings. The van der Waals surface area contributed by atoms with Crippen molar-refractivity contribution in [2.75, 3.05) is 20.3 Å². The van der Waals surface area contributed by atoms with Crippen LogP contribution in [-0.4, -0.2) is 32.3 Å². The number of benzene rings is 3. The van der Waals surface area contributed by atoms with Gasteiger partial charge in [-0.25, -0.2) is 0 Å².